The van der Waals surface area contributed by atoms with E-state index in [0.717, 1.165) is 31.6 Å². The van der Waals surface area contributed by atoms with Gasteiger partial charge in [0.1, 0.15) is 11.9 Å². The molecule has 1 saturated heterocycles. The lowest BCUT2D eigenvalue weighted by Crippen LogP contribution is -2.19. The van der Waals surface area contributed by atoms with Crippen molar-refractivity contribution in [3.8, 4) is 5.75 Å². The van der Waals surface area contributed by atoms with Crippen LogP contribution >= 0.6 is 0 Å². The van der Waals surface area contributed by atoms with Gasteiger partial charge in [-0.25, -0.2) is 0 Å². The maximum atomic E-state index is 6.14. The van der Waals surface area contributed by atoms with Crippen molar-refractivity contribution in [1.82, 2.24) is 0 Å². The Balaban J connectivity index is 1.79. The van der Waals surface area contributed by atoms with Gasteiger partial charge in [0.05, 0.1) is 13.2 Å². The molecule has 2 atom stereocenters. The molecule has 0 amide bonds. The maximum absolute atomic E-state index is 6.14. The zero-order chi connectivity index (χ0) is 11.7. The van der Waals surface area contributed by atoms with E-state index in [1.165, 1.54) is 17.5 Å². The molecule has 1 unspecified atom stereocenters. The van der Waals surface area contributed by atoms with Crippen LogP contribution in [0.25, 0.3) is 0 Å². The second-order valence-corrected chi connectivity index (χ2v) is 4.96. The number of nitrogens with two attached hydrogens (primary N) is 1. The molecule has 1 aliphatic heterocycles. The summed E-state index contributed by atoms with van der Waals surface area (Å²) in [6.07, 6.45) is 4.64. The van der Waals surface area contributed by atoms with Crippen LogP contribution in [0.1, 0.15) is 36.4 Å². The van der Waals surface area contributed by atoms with Crippen LogP contribution in [0.2, 0.25) is 0 Å². The molecule has 17 heavy (non-hydrogen) atoms. The SMILES string of the molecule is N[C@H]1CCCc2ccc(OC3CCOC3)cc21. The molecule has 0 saturated carbocycles. The highest BCUT2D eigenvalue weighted by atomic mass is 16.5. The highest BCUT2D eigenvalue weighted by molar-refractivity contribution is 5.39. The summed E-state index contributed by atoms with van der Waals surface area (Å²) in [5.74, 6) is 0.941. The van der Waals surface area contributed by atoms with Crippen molar-refractivity contribution in [3.05, 3.63) is 29.3 Å². The number of hydrogen-bond donors (Lipinski definition) is 1. The molecule has 1 heterocycles. The monoisotopic (exact) mass is 233 g/mol. The van der Waals surface area contributed by atoms with Gasteiger partial charge in [-0.05, 0) is 42.5 Å². The van der Waals surface area contributed by atoms with E-state index in [0.29, 0.717) is 6.61 Å². The fourth-order valence-electron chi connectivity index (χ4n) is 2.69. The van der Waals surface area contributed by atoms with Crippen molar-refractivity contribution in [2.75, 3.05) is 13.2 Å². The minimum atomic E-state index is 0.183. The van der Waals surface area contributed by atoms with Crippen LogP contribution in [0, 0.1) is 0 Å². The van der Waals surface area contributed by atoms with Gasteiger partial charge in [-0.3, -0.25) is 0 Å². The third-order valence-corrected chi connectivity index (χ3v) is 3.67. The average Bonchev–Trinajstić information content (AvgIpc) is 2.83. The molecule has 0 radical (unpaired) electrons. The molecule has 3 nitrogen and oxygen atoms in total. The van der Waals surface area contributed by atoms with Crippen LogP contribution in [0.4, 0.5) is 0 Å². The van der Waals surface area contributed by atoms with Crippen molar-refractivity contribution in [2.24, 2.45) is 5.73 Å². The van der Waals surface area contributed by atoms with Crippen molar-refractivity contribution in [2.45, 2.75) is 37.8 Å². The van der Waals surface area contributed by atoms with E-state index >= 15 is 0 Å². The topological polar surface area (TPSA) is 44.5 Å². The van der Waals surface area contributed by atoms with Crippen molar-refractivity contribution in [3.63, 3.8) is 0 Å². The van der Waals surface area contributed by atoms with Gasteiger partial charge in [0.2, 0.25) is 0 Å². The van der Waals surface area contributed by atoms with E-state index in [2.05, 4.69) is 18.2 Å². The van der Waals surface area contributed by atoms with Gasteiger partial charge < -0.3 is 15.2 Å². The Labute approximate surface area is 102 Å². The first-order chi connectivity index (χ1) is 8.33. The number of ether oxygens (including phenoxy) is 2. The molecule has 1 aliphatic carbocycles. The molecule has 0 bridgehead atoms. The first-order valence-corrected chi connectivity index (χ1v) is 6.46. The molecule has 2 N–H and O–H groups in total. The van der Waals surface area contributed by atoms with E-state index in [1.54, 1.807) is 0 Å². The largest absolute Gasteiger partial charge is 0.488 e. The summed E-state index contributed by atoms with van der Waals surface area (Å²) in [5, 5.41) is 0. The van der Waals surface area contributed by atoms with Crippen LogP contribution in [0.5, 0.6) is 5.75 Å². The Morgan fingerprint density at radius 2 is 2.24 bits per heavy atom. The van der Waals surface area contributed by atoms with Gasteiger partial charge in [0.25, 0.3) is 0 Å². The summed E-state index contributed by atoms with van der Waals surface area (Å²) in [6, 6.07) is 6.54. The molecule has 0 spiro atoms. The molecular formula is C14H19NO2. The summed E-state index contributed by atoms with van der Waals surface area (Å²) in [7, 11) is 0. The van der Waals surface area contributed by atoms with Crippen LogP contribution in [0.3, 0.4) is 0 Å². The normalized spacial score (nSPS) is 27.8. The van der Waals surface area contributed by atoms with Gasteiger partial charge in [-0.1, -0.05) is 6.07 Å². The molecule has 0 aromatic heterocycles. The predicted octanol–water partition coefficient (Wildman–Crippen LogP) is 2.19. The molecular weight excluding hydrogens is 214 g/mol. The predicted molar refractivity (Wildman–Crippen MR) is 66.2 cm³/mol. The summed E-state index contributed by atoms with van der Waals surface area (Å²) in [5.41, 5.74) is 8.80. The molecule has 2 aliphatic rings. The van der Waals surface area contributed by atoms with E-state index in [1.807, 2.05) is 0 Å². The van der Waals surface area contributed by atoms with E-state index in [-0.39, 0.29) is 12.1 Å². The maximum Gasteiger partial charge on any atom is 0.124 e. The Kier molecular flexibility index (Phi) is 3.04. The van der Waals surface area contributed by atoms with Gasteiger partial charge in [-0.2, -0.15) is 0 Å². The first-order valence-electron chi connectivity index (χ1n) is 6.46. The van der Waals surface area contributed by atoms with Gasteiger partial charge in [0.15, 0.2) is 0 Å². The molecule has 3 rings (SSSR count). The highest BCUT2D eigenvalue weighted by Gasteiger charge is 2.20. The zero-order valence-corrected chi connectivity index (χ0v) is 10.0. The Morgan fingerprint density at radius 3 is 3.06 bits per heavy atom. The third-order valence-electron chi connectivity index (χ3n) is 3.67. The first kappa shape index (κ1) is 11.1. The summed E-state index contributed by atoms with van der Waals surface area (Å²) >= 11 is 0. The van der Waals surface area contributed by atoms with Gasteiger partial charge >= 0.3 is 0 Å². The lowest BCUT2D eigenvalue weighted by Gasteiger charge is -2.23. The standard InChI is InChI=1S/C14H19NO2/c15-14-3-1-2-10-4-5-11(8-13(10)14)17-12-6-7-16-9-12/h4-5,8,12,14H,1-3,6-7,9,15H2/t12?,14-/m0/s1. The minimum absolute atomic E-state index is 0.183. The lowest BCUT2D eigenvalue weighted by molar-refractivity contribution is 0.141. The van der Waals surface area contributed by atoms with Crippen molar-refractivity contribution < 1.29 is 9.47 Å². The number of aryl methyl sites for hydroxylation is 1. The Hall–Kier alpha value is -1.06. The Bertz CT molecular complexity index is 399. The minimum Gasteiger partial charge on any atom is -0.488 e. The smallest absolute Gasteiger partial charge is 0.124 e. The number of benzene rings is 1. The van der Waals surface area contributed by atoms with Crippen molar-refractivity contribution >= 4 is 0 Å². The van der Waals surface area contributed by atoms with E-state index in [4.69, 9.17) is 15.2 Å². The number of hydrogen-bond acceptors (Lipinski definition) is 3. The van der Waals surface area contributed by atoms with Crippen LogP contribution < -0.4 is 10.5 Å². The molecule has 3 heteroatoms. The van der Waals surface area contributed by atoms with Crippen LogP contribution in [-0.4, -0.2) is 19.3 Å². The molecule has 1 aromatic rings. The second kappa shape index (κ2) is 4.67. The third kappa shape index (κ3) is 2.31. The van der Waals surface area contributed by atoms with Crippen LogP contribution in [-0.2, 0) is 11.2 Å². The molecule has 1 aromatic carbocycles. The average molecular weight is 233 g/mol. The second-order valence-electron chi connectivity index (χ2n) is 4.96. The summed E-state index contributed by atoms with van der Waals surface area (Å²) in [4.78, 5) is 0. The van der Waals surface area contributed by atoms with Crippen LogP contribution in [0.15, 0.2) is 18.2 Å². The summed E-state index contributed by atoms with van der Waals surface area (Å²) < 4.78 is 11.2. The summed E-state index contributed by atoms with van der Waals surface area (Å²) in [6.45, 7) is 1.53. The lowest BCUT2D eigenvalue weighted by atomic mass is 9.88. The van der Waals surface area contributed by atoms with E-state index < -0.39 is 0 Å². The zero-order valence-electron chi connectivity index (χ0n) is 10.0. The van der Waals surface area contributed by atoms with Crippen molar-refractivity contribution in [1.29, 1.82) is 0 Å². The quantitative estimate of drug-likeness (QED) is 0.851. The number of rotatable bonds is 2. The van der Waals surface area contributed by atoms with Gasteiger partial charge in [-0.15, -0.1) is 0 Å². The van der Waals surface area contributed by atoms with Gasteiger partial charge in [0, 0.05) is 12.5 Å². The number of fused-ring (bicyclic) bond motifs is 1. The fourth-order valence-corrected chi connectivity index (χ4v) is 2.69. The Morgan fingerprint density at radius 1 is 1.29 bits per heavy atom. The van der Waals surface area contributed by atoms with E-state index in [9.17, 15) is 0 Å². The fraction of sp³-hybridized carbons (Fsp3) is 0.571. The molecule has 1 fully saturated rings. The highest BCUT2D eigenvalue weighted by Crippen LogP contribution is 2.31. The molecule has 92 valence electrons.